The predicted molar refractivity (Wildman–Crippen MR) is 128 cm³/mol. The maximum atomic E-state index is 5.89. The number of fused-ring (bicyclic) bond motifs is 1. The Morgan fingerprint density at radius 3 is 2.26 bits per heavy atom. The predicted octanol–water partition coefficient (Wildman–Crippen LogP) is 4.26. The number of aryl methyl sites for hydroxylation is 1. The minimum atomic E-state index is 0.388. The highest BCUT2D eigenvalue weighted by Gasteiger charge is 2.14. The van der Waals surface area contributed by atoms with Crippen LogP contribution in [0.1, 0.15) is 11.3 Å². The Labute approximate surface area is 198 Å². The van der Waals surface area contributed by atoms with E-state index in [1.165, 1.54) is 11.9 Å². The van der Waals surface area contributed by atoms with Crippen LogP contribution in [0.3, 0.4) is 0 Å². The summed E-state index contributed by atoms with van der Waals surface area (Å²) in [6.45, 7) is 4.18. The maximum absolute atomic E-state index is 5.89. The largest absolute Gasteiger partial charge is 0.487 e. The third-order valence-electron chi connectivity index (χ3n) is 5.13. The fraction of sp³-hybridized carbons (Fsp3) is 0.320. The normalized spacial score (nSPS) is 11.0. The van der Waals surface area contributed by atoms with Crippen molar-refractivity contribution in [3.8, 4) is 22.8 Å². The Balaban J connectivity index is 1.53. The highest BCUT2D eigenvalue weighted by molar-refractivity contribution is 5.91. The van der Waals surface area contributed by atoms with Crippen molar-refractivity contribution in [1.82, 2.24) is 15.1 Å². The fourth-order valence-electron chi connectivity index (χ4n) is 3.33. The number of ether oxygens (including phenoxy) is 4. The lowest BCUT2D eigenvalue weighted by Crippen LogP contribution is -2.09. The standard InChI is InChI=1S/C25H28N4O5/c1-17-4-6-18(7-5-17)21-12-19(34-29-21)15-26-25-20-13-23(32-10-8-30-2)24(33-11-9-31-3)14-22(20)27-16-28-25/h4-7,12-14,16H,8-11,15H2,1-3H3,(H,26,27,28). The molecule has 2 aromatic carbocycles. The number of methoxy groups -OCH3 is 2. The van der Waals surface area contributed by atoms with E-state index in [0.717, 1.165) is 22.2 Å². The monoisotopic (exact) mass is 464 g/mol. The molecule has 0 amide bonds. The highest BCUT2D eigenvalue weighted by Crippen LogP contribution is 2.34. The quantitative estimate of drug-likeness (QED) is 0.308. The summed E-state index contributed by atoms with van der Waals surface area (Å²) in [6.07, 6.45) is 1.51. The van der Waals surface area contributed by atoms with Crippen LogP contribution >= 0.6 is 0 Å². The fourth-order valence-corrected chi connectivity index (χ4v) is 3.33. The molecule has 0 saturated heterocycles. The van der Waals surface area contributed by atoms with Gasteiger partial charge in [-0.15, -0.1) is 0 Å². The minimum Gasteiger partial charge on any atom is -0.487 e. The molecule has 1 N–H and O–H groups in total. The van der Waals surface area contributed by atoms with Gasteiger partial charge in [0.2, 0.25) is 0 Å². The van der Waals surface area contributed by atoms with Gasteiger partial charge in [0.1, 0.15) is 31.1 Å². The van der Waals surface area contributed by atoms with Crippen molar-refractivity contribution in [1.29, 1.82) is 0 Å². The smallest absolute Gasteiger partial charge is 0.163 e. The van der Waals surface area contributed by atoms with Gasteiger partial charge in [-0.3, -0.25) is 0 Å². The molecule has 0 aliphatic rings. The first-order valence-electron chi connectivity index (χ1n) is 11.0. The van der Waals surface area contributed by atoms with E-state index in [1.807, 2.05) is 30.3 Å². The molecule has 0 saturated carbocycles. The van der Waals surface area contributed by atoms with Crippen LogP contribution in [0.2, 0.25) is 0 Å². The second kappa shape index (κ2) is 11.4. The average Bonchev–Trinajstić information content (AvgIpc) is 3.32. The lowest BCUT2D eigenvalue weighted by Gasteiger charge is -2.15. The average molecular weight is 465 g/mol. The molecule has 0 unspecified atom stereocenters. The molecule has 4 aromatic rings. The van der Waals surface area contributed by atoms with E-state index in [0.29, 0.717) is 56.0 Å². The van der Waals surface area contributed by atoms with Gasteiger partial charge in [0.05, 0.1) is 25.3 Å². The number of anilines is 1. The summed E-state index contributed by atoms with van der Waals surface area (Å²) in [6, 6.07) is 13.8. The van der Waals surface area contributed by atoms with Crippen LogP contribution in [0.4, 0.5) is 5.82 Å². The van der Waals surface area contributed by atoms with E-state index in [9.17, 15) is 0 Å². The molecular weight excluding hydrogens is 436 g/mol. The zero-order valence-corrected chi connectivity index (χ0v) is 19.5. The lowest BCUT2D eigenvalue weighted by molar-refractivity contribution is 0.132. The summed E-state index contributed by atoms with van der Waals surface area (Å²) in [4.78, 5) is 8.81. The number of nitrogens with one attached hydrogen (secondary N) is 1. The van der Waals surface area contributed by atoms with Crippen molar-refractivity contribution in [2.24, 2.45) is 0 Å². The molecule has 0 fully saturated rings. The number of hydrogen-bond donors (Lipinski definition) is 1. The number of hydrogen-bond acceptors (Lipinski definition) is 9. The van der Waals surface area contributed by atoms with Crippen LogP contribution < -0.4 is 14.8 Å². The van der Waals surface area contributed by atoms with E-state index < -0.39 is 0 Å². The van der Waals surface area contributed by atoms with E-state index in [2.05, 4.69) is 39.5 Å². The van der Waals surface area contributed by atoms with Crippen LogP contribution in [-0.2, 0) is 16.0 Å². The van der Waals surface area contributed by atoms with E-state index in [4.69, 9.17) is 23.5 Å². The first kappa shape index (κ1) is 23.5. The molecule has 178 valence electrons. The molecule has 0 spiro atoms. The van der Waals surface area contributed by atoms with Crippen molar-refractivity contribution in [3.63, 3.8) is 0 Å². The molecule has 2 heterocycles. The van der Waals surface area contributed by atoms with Crippen molar-refractivity contribution < 1.29 is 23.5 Å². The van der Waals surface area contributed by atoms with Crippen LogP contribution in [0.15, 0.2) is 53.3 Å². The van der Waals surface area contributed by atoms with Gasteiger partial charge in [-0.2, -0.15) is 0 Å². The Bertz CT molecular complexity index is 1210. The van der Waals surface area contributed by atoms with Crippen molar-refractivity contribution >= 4 is 16.7 Å². The van der Waals surface area contributed by atoms with Crippen molar-refractivity contribution in [3.05, 3.63) is 60.1 Å². The second-order valence-electron chi connectivity index (χ2n) is 7.62. The van der Waals surface area contributed by atoms with E-state index in [1.54, 1.807) is 14.2 Å². The van der Waals surface area contributed by atoms with Gasteiger partial charge < -0.3 is 28.8 Å². The third kappa shape index (κ3) is 5.81. The van der Waals surface area contributed by atoms with Crippen LogP contribution in [0.25, 0.3) is 22.2 Å². The van der Waals surface area contributed by atoms with Gasteiger partial charge in [0.15, 0.2) is 17.3 Å². The molecule has 0 aliphatic carbocycles. The molecule has 0 bridgehead atoms. The lowest BCUT2D eigenvalue weighted by atomic mass is 10.1. The van der Waals surface area contributed by atoms with E-state index >= 15 is 0 Å². The number of nitrogens with zero attached hydrogens (tertiary/aromatic N) is 3. The van der Waals surface area contributed by atoms with Crippen LogP contribution in [-0.4, -0.2) is 55.8 Å². The molecule has 4 rings (SSSR count). The molecule has 9 nitrogen and oxygen atoms in total. The summed E-state index contributed by atoms with van der Waals surface area (Å²) >= 11 is 0. The topological polar surface area (TPSA) is 101 Å². The maximum Gasteiger partial charge on any atom is 0.163 e. The highest BCUT2D eigenvalue weighted by atomic mass is 16.5. The minimum absolute atomic E-state index is 0.388. The molecule has 2 aromatic heterocycles. The second-order valence-corrected chi connectivity index (χ2v) is 7.62. The summed E-state index contributed by atoms with van der Waals surface area (Å²) in [5.74, 6) is 2.51. The zero-order valence-electron chi connectivity index (χ0n) is 19.5. The molecule has 9 heteroatoms. The first-order chi connectivity index (χ1) is 16.7. The number of rotatable bonds is 12. The zero-order chi connectivity index (χ0) is 23.8. The summed E-state index contributed by atoms with van der Waals surface area (Å²) in [5.41, 5.74) is 3.72. The van der Waals surface area contributed by atoms with Gasteiger partial charge >= 0.3 is 0 Å². The van der Waals surface area contributed by atoms with E-state index in [-0.39, 0.29) is 0 Å². The van der Waals surface area contributed by atoms with Crippen molar-refractivity contribution in [2.75, 3.05) is 46.0 Å². The Kier molecular flexibility index (Phi) is 7.90. The van der Waals surface area contributed by atoms with Gasteiger partial charge in [-0.25, -0.2) is 9.97 Å². The SMILES string of the molecule is COCCOc1cc2ncnc(NCc3cc(-c4ccc(C)cc4)no3)c2cc1OCCOC. The van der Waals surface area contributed by atoms with Gasteiger partial charge in [0, 0.05) is 37.3 Å². The molecular formula is C25H28N4O5. The first-order valence-corrected chi connectivity index (χ1v) is 11.0. The molecule has 34 heavy (non-hydrogen) atoms. The molecule has 0 aliphatic heterocycles. The molecule has 0 atom stereocenters. The summed E-state index contributed by atoms with van der Waals surface area (Å²) in [7, 11) is 3.26. The summed E-state index contributed by atoms with van der Waals surface area (Å²) < 4.78 is 27.4. The van der Waals surface area contributed by atoms with Crippen LogP contribution in [0, 0.1) is 6.92 Å². The Morgan fingerprint density at radius 1 is 0.853 bits per heavy atom. The Morgan fingerprint density at radius 2 is 1.56 bits per heavy atom. The van der Waals surface area contributed by atoms with Gasteiger partial charge in [-0.05, 0) is 13.0 Å². The van der Waals surface area contributed by atoms with Crippen LogP contribution in [0.5, 0.6) is 11.5 Å². The van der Waals surface area contributed by atoms with Gasteiger partial charge in [-0.1, -0.05) is 35.0 Å². The number of aromatic nitrogens is 3. The third-order valence-corrected chi connectivity index (χ3v) is 5.13. The van der Waals surface area contributed by atoms with Gasteiger partial charge in [0.25, 0.3) is 0 Å². The number of benzene rings is 2. The van der Waals surface area contributed by atoms with Crippen molar-refractivity contribution in [2.45, 2.75) is 13.5 Å². The summed E-state index contributed by atoms with van der Waals surface area (Å²) in [5, 5.41) is 8.30. The molecule has 0 radical (unpaired) electrons. The Hall–Kier alpha value is -3.69.